The summed E-state index contributed by atoms with van der Waals surface area (Å²) in [4.78, 5) is 24.2. The second-order valence-electron chi connectivity index (χ2n) is 5.60. The maximum absolute atomic E-state index is 12.2. The van der Waals surface area contributed by atoms with E-state index in [1.165, 1.54) is 0 Å². The van der Waals surface area contributed by atoms with Crippen LogP contribution in [0.2, 0.25) is 0 Å². The number of hydrogen-bond donors (Lipinski definition) is 2. The molecule has 122 valence electrons. The van der Waals surface area contributed by atoms with E-state index in [2.05, 4.69) is 10.6 Å². The molecule has 0 heterocycles. The van der Waals surface area contributed by atoms with Gasteiger partial charge in [-0.3, -0.25) is 0 Å². The Bertz CT molecular complexity index is 692. The van der Waals surface area contributed by atoms with Crippen molar-refractivity contribution >= 4 is 28.5 Å². The minimum absolute atomic E-state index is 0.0627. The van der Waals surface area contributed by atoms with Gasteiger partial charge in [-0.15, -0.1) is 0 Å². The van der Waals surface area contributed by atoms with Crippen molar-refractivity contribution in [3.05, 3.63) is 42.5 Å². The van der Waals surface area contributed by atoms with Gasteiger partial charge in [-0.05, 0) is 24.3 Å². The summed E-state index contributed by atoms with van der Waals surface area (Å²) in [6, 6.07) is 12.4. The average Bonchev–Trinajstić information content (AvgIpc) is 2.53. The number of nitrogens with one attached hydrogen (secondary N) is 2. The Labute approximate surface area is 136 Å². The van der Waals surface area contributed by atoms with Crippen molar-refractivity contribution in [2.24, 2.45) is 5.92 Å². The monoisotopic (exact) mass is 314 g/mol. The highest BCUT2D eigenvalue weighted by Crippen LogP contribution is 2.22. The highest BCUT2D eigenvalue weighted by atomic mass is 16.5. The summed E-state index contributed by atoms with van der Waals surface area (Å²) in [7, 11) is 0. The van der Waals surface area contributed by atoms with Gasteiger partial charge in [0.05, 0.1) is 12.3 Å². The molecule has 0 spiro atoms. The van der Waals surface area contributed by atoms with Gasteiger partial charge in [0.1, 0.15) is 6.04 Å². The Balaban J connectivity index is 2.12. The lowest BCUT2D eigenvalue weighted by Gasteiger charge is -2.21. The van der Waals surface area contributed by atoms with Crippen LogP contribution in [0.4, 0.5) is 10.5 Å². The summed E-state index contributed by atoms with van der Waals surface area (Å²) in [5, 5.41) is 7.48. The number of urea groups is 1. The van der Waals surface area contributed by atoms with Crippen LogP contribution in [0.3, 0.4) is 0 Å². The Hall–Kier alpha value is -2.56. The largest absolute Gasteiger partial charge is 0.464 e. The molecule has 0 aliphatic carbocycles. The number of carbonyl (C=O) groups is 2. The lowest BCUT2D eigenvalue weighted by atomic mass is 10.1. The predicted molar refractivity (Wildman–Crippen MR) is 91.4 cm³/mol. The van der Waals surface area contributed by atoms with Gasteiger partial charge in [-0.1, -0.05) is 50.2 Å². The van der Waals surface area contributed by atoms with E-state index < -0.39 is 18.0 Å². The van der Waals surface area contributed by atoms with Gasteiger partial charge in [0.15, 0.2) is 0 Å². The van der Waals surface area contributed by atoms with E-state index in [1.54, 1.807) is 6.92 Å². The van der Waals surface area contributed by atoms with Crippen LogP contribution in [0.1, 0.15) is 20.8 Å². The molecule has 0 saturated heterocycles. The zero-order valence-electron chi connectivity index (χ0n) is 13.6. The number of carbonyl (C=O) groups excluding carboxylic acids is 2. The maximum atomic E-state index is 12.2. The standard InChI is InChI=1S/C18H22N2O3/c1-4-23-17(21)16(12(2)3)20-18(22)19-15-11-7-9-13-8-5-6-10-14(13)15/h5-12,16H,4H2,1-3H3,(H2,19,20,22)/t16-/m0/s1. The van der Waals surface area contributed by atoms with Crippen LogP contribution in [0.15, 0.2) is 42.5 Å². The highest BCUT2D eigenvalue weighted by Gasteiger charge is 2.25. The van der Waals surface area contributed by atoms with E-state index >= 15 is 0 Å². The lowest BCUT2D eigenvalue weighted by molar-refractivity contribution is -0.146. The van der Waals surface area contributed by atoms with Crippen LogP contribution in [-0.2, 0) is 9.53 Å². The summed E-state index contributed by atoms with van der Waals surface area (Å²) in [6.07, 6.45) is 0. The molecule has 2 N–H and O–H groups in total. The number of rotatable bonds is 5. The molecule has 5 nitrogen and oxygen atoms in total. The average molecular weight is 314 g/mol. The zero-order chi connectivity index (χ0) is 16.8. The molecule has 2 rings (SSSR count). The van der Waals surface area contributed by atoms with Crippen molar-refractivity contribution < 1.29 is 14.3 Å². The quantitative estimate of drug-likeness (QED) is 0.829. The molecule has 2 aromatic rings. The molecule has 0 unspecified atom stereocenters. The number of amides is 2. The summed E-state index contributed by atoms with van der Waals surface area (Å²) in [5.74, 6) is -0.483. The van der Waals surface area contributed by atoms with E-state index in [4.69, 9.17) is 4.74 Å². The van der Waals surface area contributed by atoms with Gasteiger partial charge >= 0.3 is 12.0 Å². The third-order valence-electron chi connectivity index (χ3n) is 3.53. The van der Waals surface area contributed by atoms with Gasteiger partial charge in [0.2, 0.25) is 0 Å². The van der Waals surface area contributed by atoms with Crippen molar-refractivity contribution in [2.75, 3.05) is 11.9 Å². The fourth-order valence-corrected chi connectivity index (χ4v) is 2.36. The maximum Gasteiger partial charge on any atom is 0.328 e. The Kier molecular flexibility index (Phi) is 5.57. The molecule has 0 saturated carbocycles. The van der Waals surface area contributed by atoms with Crippen LogP contribution in [0.25, 0.3) is 10.8 Å². The summed E-state index contributed by atoms with van der Waals surface area (Å²) >= 11 is 0. The third-order valence-corrected chi connectivity index (χ3v) is 3.53. The highest BCUT2D eigenvalue weighted by molar-refractivity contribution is 6.02. The molecule has 0 aliphatic rings. The molecule has 5 heteroatoms. The molecule has 0 aromatic heterocycles. The van der Waals surface area contributed by atoms with Gasteiger partial charge < -0.3 is 15.4 Å². The fourth-order valence-electron chi connectivity index (χ4n) is 2.36. The number of hydrogen-bond acceptors (Lipinski definition) is 3. The van der Waals surface area contributed by atoms with Gasteiger partial charge in [0.25, 0.3) is 0 Å². The van der Waals surface area contributed by atoms with E-state index in [0.29, 0.717) is 5.69 Å². The van der Waals surface area contributed by atoms with Gasteiger partial charge in [0, 0.05) is 5.39 Å². The normalized spacial score (nSPS) is 12.0. The first kappa shape index (κ1) is 16.8. The van der Waals surface area contributed by atoms with E-state index in [-0.39, 0.29) is 12.5 Å². The fraction of sp³-hybridized carbons (Fsp3) is 0.333. The first-order valence-electron chi connectivity index (χ1n) is 7.74. The number of anilines is 1. The molecule has 2 aromatic carbocycles. The third kappa shape index (κ3) is 4.22. The Morgan fingerprint density at radius 2 is 1.78 bits per heavy atom. The van der Waals surface area contributed by atoms with Crippen LogP contribution in [0, 0.1) is 5.92 Å². The van der Waals surface area contributed by atoms with Crippen molar-refractivity contribution in [3.63, 3.8) is 0 Å². The molecule has 0 aliphatic heterocycles. The van der Waals surface area contributed by atoms with E-state index in [0.717, 1.165) is 10.8 Å². The molecule has 23 heavy (non-hydrogen) atoms. The molecular weight excluding hydrogens is 292 g/mol. The van der Waals surface area contributed by atoms with E-state index in [9.17, 15) is 9.59 Å². The molecule has 0 bridgehead atoms. The molecule has 0 fully saturated rings. The number of fused-ring (bicyclic) bond motifs is 1. The zero-order valence-corrected chi connectivity index (χ0v) is 13.6. The molecule has 0 radical (unpaired) electrons. The Morgan fingerprint density at radius 3 is 2.48 bits per heavy atom. The molecule has 1 atom stereocenters. The van der Waals surface area contributed by atoms with E-state index in [1.807, 2.05) is 56.3 Å². The first-order valence-corrected chi connectivity index (χ1v) is 7.74. The number of esters is 1. The molecule has 2 amide bonds. The van der Waals surface area contributed by atoms with Crippen molar-refractivity contribution in [1.29, 1.82) is 0 Å². The summed E-state index contributed by atoms with van der Waals surface area (Å²) in [5.41, 5.74) is 0.701. The second kappa shape index (κ2) is 7.63. The number of ether oxygens (including phenoxy) is 1. The summed E-state index contributed by atoms with van der Waals surface area (Å²) < 4.78 is 5.01. The minimum Gasteiger partial charge on any atom is -0.464 e. The van der Waals surface area contributed by atoms with Crippen molar-refractivity contribution in [3.8, 4) is 0 Å². The van der Waals surface area contributed by atoms with Crippen LogP contribution >= 0.6 is 0 Å². The minimum atomic E-state index is -0.676. The molecular formula is C18H22N2O3. The topological polar surface area (TPSA) is 67.4 Å². The summed E-state index contributed by atoms with van der Waals surface area (Å²) in [6.45, 7) is 5.75. The van der Waals surface area contributed by atoms with Gasteiger partial charge in [-0.25, -0.2) is 9.59 Å². The van der Waals surface area contributed by atoms with Crippen molar-refractivity contribution in [1.82, 2.24) is 5.32 Å². The first-order chi connectivity index (χ1) is 11.0. The van der Waals surface area contributed by atoms with Crippen molar-refractivity contribution in [2.45, 2.75) is 26.8 Å². The predicted octanol–water partition coefficient (Wildman–Crippen LogP) is 3.55. The Morgan fingerprint density at radius 1 is 1.09 bits per heavy atom. The van der Waals surface area contributed by atoms with Crippen LogP contribution in [0.5, 0.6) is 0 Å². The second-order valence-corrected chi connectivity index (χ2v) is 5.60. The van der Waals surface area contributed by atoms with Crippen LogP contribution < -0.4 is 10.6 Å². The number of benzene rings is 2. The van der Waals surface area contributed by atoms with Gasteiger partial charge in [-0.2, -0.15) is 0 Å². The van der Waals surface area contributed by atoms with Crippen LogP contribution in [-0.4, -0.2) is 24.6 Å². The lowest BCUT2D eigenvalue weighted by Crippen LogP contribution is -2.47. The SMILES string of the molecule is CCOC(=O)[C@@H](NC(=O)Nc1cccc2ccccc12)C(C)C. The smallest absolute Gasteiger partial charge is 0.328 e.